The molecule has 2 aromatic rings. The van der Waals surface area contributed by atoms with Crippen molar-refractivity contribution >= 4 is 21.3 Å². The molecular formula is C22H25F2N5O2S. The summed E-state index contributed by atoms with van der Waals surface area (Å²) in [4.78, 5) is 25.7. The maximum Gasteiger partial charge on any atom is 0.187 e. The average molecular weight is 462 g/mol. The Kier molecular flexibility index (Phi) is 5.19. The Morgan fingerprint density at radius 2 is 2.00 bits per heavy atom. The minimum Gasteiger partial charge on any atom is -0.386 e. The SMILES string of the molecule is Cc1cc(F)cnc1C(=O)Cc1ccc(F)c([C@@]2(C)N=C(N)C(C)(C)[S@@]3(=O)=NCC[C@H]23)n1. The number of amidine groups is 1. The molecule has 32 heavy (non-hydrogen) atoms. The number of nitrogens with zero attached hydrogens (tertiary/aromatic N) is 4. The van der Waals surface area contributed by atoms with Crippen LogP contribution in [-0.2, 0) is 21.7 Å². The number of aryl methyl sites for hydroxylation is 1. The van der Waals surface area contributed by atoms with Crippen molar-refractivity contribution in [2.45, 2.75) is 56.1 Å². The minimum absolute atomic E-state index is 0.0140. The molecule has 2 N–H and O–H groups in total. The molecule has 0 radical (unpaired) electrons. The van der Waals surface area contributed by atoms with Gasteiger partial charge < -0.3 is 5.73 Å². The van der Waals surface area contributed by atoms with E-state index in [4.69, 9.17) is 5.73 Å². The molecule has 4 heterocycles. The summed E-state index contributed by atoms with van der Waals surface area (Å²) in [6.07, 6.45) is 1.29. The van der Waals surface area contributed by atoms with Crippen LogP contribution in [0.2, 0.25) is 0 Å². The first-order valence-electron chi connectivity index (χ1n) is 10.3. The number of Topliss-reactive ketones (excluding diaryl/α,β-unsaturated/α-hetero) is 1. The third-order valence-corrected chi connectivity index (χ3v) is 10.1. The molecule has 3 atom stereocenters. The van der Waals surface area contributed by atoms with Gasteiger partial charge in [0.15, 0.2) is 5.78 Å². The smallest absolute Gasteiger partial charge is 0.187 e. The maximum atomic E-state index is 15.0. The standard InChI is InChI=1S/C22H25F2N5O2S/c1-12-9-13(23)11-26-18(12)16(30)10-14-5-6-15(24)19(28-14)22(4)17-7-8-27-32(17,31)21(2,3)20(25)29-22/h5-6,9,11,17H,7-8,10H2,1-4H3,(H2,25,29)/t17-,22+,32-/m1/s1. The number of nitrogens with two attached hydrogens (primary N) is 1. The fraction of sp³-hybridized carbons (Fsp3) is 0.455. The van der Waals surface area contributed by atoms with Gasteiger partial charge in [-0.2, -0.15) is 0 Å². The summed E-state index contributed by atoms with van der Waals surface area (Å²) in [7, 11) is -2.83. The van der Waals surface area contributed by atoms with Gasteiger partial charge in [-0.15, -0.1) is 0 Å². The predicted octanol–water partition coefficient (Wildman–Crippen LogP) is 3.09. The van der Waals surface area contributed by atoms with Crippen LogP contribution in [0.25, 0.3) is 0 Å². The number of carbonyl (C=O) groups excluding carboxylic acids is 1. The molecule has 0 amide bonds. The molecule has 7 nitrogen and oxygen atoms in total. The second-order valence-electron chi connectivity index (χ2n) is 8.91. The zero-order chi connectivity index (χ0) is 23.5. The van der Waals surface area contributed by atoms with Crippen LogP contribution in [0.15, 0.2) is 33.8 Å². The van der Waals surface area contributed by atoms with Gasteiger partial charge in [0.2, 0.25) is 0 Å². The lowest BCUT2D eigenvalue weighted by atomic mass is 9.89. The van der Waals surface area contributed by atoms with Gasteiger partial charge in [-0.1, -0.05) is 0 Å². The van der Waals surface area contributed by atoms with Gasteiger partial charge in [0.1, 0.15) is 39.1 Å². The van der Waals surface area contributed by atoms with Gasteiger partial charge >= 0.3 is 0 Å². The Hall–Kier alpha value is -2.75. The number of carbonyl (C=O) groups is 1. The van der Waals surface area contributed by atoms with E-state index in [1.807, 2.05) is 0 Å². The number of halogens is 2. The van der Waals surface area contributed by atoms with Gasteiger partial charge in [-0.3, -0.25) is 14.8 Å². The normalized spacial score (nSPS) is 28.6. The Labute approximate surface area is 185 Å². The van der Waals surface area contributed by atoms with E-state index in [1.54, 1.807) is 27.7 Å². The van der Waals surface area contributed by atoms with Crippen LogP contribution in [0.3, 0.4) is 0 Å². The van der Waals surface area contributed by atoms with Gasteiger partial charge in [0.05, 0.1) is 27.6 Å². The second kappa shape index (κ2) is 7.40. The number of rotatable bonds is 4. The van der Waals surface area contributed by atoms with Crippen molar-refractivity contribution in [2.24, 2.45) is 15.1 Å². The van der Waals surface area contributed by atoms with E-state index in [1.165, 1.54) is 18.2 Å². The van der Waals surface area contributed by atoms with Crippen molar-refractivity contribution in [1.29, 1.82) is 0 Å². The molecule has 0 spiro atoms. The third kappa shape index (κ3) is 3.23. The molecule has 4 rings (SSSR count). The summed E-state index contributed by atoms with van der Waals surface area (Å²) < 4.78 is 45.7. The average Bonchev–Trinajstić information content (AvgIpc) is 3.13. The third-order valence-electron chi connectivity index (χ3n) is 6.42. The maximum absolute atomic E-state index is 15.0. The van der Waals surface area contributed by atoms with Crippen molar-refractivity contribution in [3.8, 4) is 0 Å². The largest absolute Gasteiger partial charge is 0.386 e. The first-order valence-corrected chi connectivity index (χ1v) is 11.9. The van der Waals surface area contributed by atoms with E-state index in [0.29, 0.717) is 24.2 Å². The summed E-state index contributed by atoms with van der Waals surface area (Å²) in [5.41, 5.74) is 5.75. The molecule has 0 saturated heterocycles. The van der Waals surface area contributed by atoms with Crippen molar-refractivity contribution in [2.75, 3.05) is 6.54 Å². The fourth-order valence-corrected chi connectivity index (χ4v) is 7.64. The summed E-state index contributed by atoms with van der Waals surface area (Å²) in [6.45, 7) is 7.12. The molecule has 0 aromatic carbocycles. The number of fused-ring (bicyclic) bond motifs is 1. The highest BCUT2D eigenvalue weighted by molar-refractivity contribution is 7.96. The highest BCUT2D eigenvalue weighted by atomic mass is 32.2. The lowest BCUT2D eigenvalue weighted by Crippen LogP contribution is -2.58. The highest BCUT2D eigenvalue weighted by Crippen LogP contribution is 2.47. The topological polar surface area (TPSA) is 111 Å². The van der Waals surface area contributed by atoms with Gasteiger partial charge in [0.25, 0.3) is 0 Å². The van der Waals surface area contributed by atoms with E-state index in [-0.39, 0.29) is 29.4 Å². The summed E-state index contributed by atoms with van der Waals surface area (Å²) in [6, 6.07) is 3.86. The van der Waals surface area contributed by atoms with Gasteiger partial charge in [-0.25, -0.2) is 22.3 Å². The van der Waals surface area contributed by atoms with E-state index in [0.717, 1.165) is 6.20 Å². The highest BCUT2D eigenvalue weighted by Gasteiger charge is 2.57. The Bertz CT molecular complexity index is 1280. The van der Waals surface area contributed by atoms with E-state index in [9.17, 15) is 13.4 Å². The molecule has 0 unspecified atom stereocenters. The number of aromatic nitrogens is 2. The molecule has 0 fully saturated rings. The van der Waals surface area contributed by atoms with Gasteiger partial charge in [0, 0.05) is 12.2 Å². The van der Waals surface area contributed by atoms with Crippen molar-refractivity contribution in [3.05, 3.63) is 58.7 Å². The molecule has 170 valence electrons. The predicted molar refractivity (Wildman–Crippen MR) is 118 cm³/mol. The molecule has 2 aliphatic heterocycles. The summed E-state index contributed by atoms with van der Waals surface area (Å²) >= 11 is 0. The Morgan fingerprint density at radius 1 is 1.28 bits per heavy atom. The molecule has 0 bridgehead atoms. The number of aliphatic imine (C=N–C) groups is 1. The van der Waals surface area contributed by atoms with E-state index < -0.39 is 36.9 Å². The lowest BCUT2D eigenvalue weighted by molar-refractivity contribution is 0.0986. The van der Waals surface area contributed by atoms with Crippen LogP contribution in [0.4, 0.5) is 8.78 Å². The van der Waals surface area contributed by atoms with Crippen LogP contribution in [-0.4, -0.2) is 42.3 Å². The van der Waals surface area contributed by atoms with Crippen LogP contribution in [0.1, 0.15) is 54.6 Å². The van der Waals surface area contributed by atoms with Crippen LogP contribution in [0, 0.1) is 18.6 Å². The molecule has 2 aliphatic rings. The molecule has 2 aromatic heterocycles. The molecular weight excluding hydrogens is 436 g/mol. The van der Waals surface area contributed by atoms with Crippen LogP contribution >= 0.6 is 0 Å². The molecule has 10 heteroatoms. The molecule has 0 saturated carbocycles. The van der Waals surface area contributed by atoms with Crippen LogP contribution < -0.4 is 5.73 Å². The summed E-state index contributed by atoms with van der Waals surface area (Å²) in [5.74, 6) is -1.38. The number of hydrogen-bond donors (Lipinski definition) is 1. The van der Waals surface area contributed by atoms with Crippen molar-refractivity contribution < 1.29 is 17.8 Å². The first kappa shape index (κ1) is 22.4. The Balaban J connectivity index is 1.76. The Morgan fingerprint density at radius 3 is 2.69 bits per heavy atom. The zero-order valence-corrected chi connectivity index (χ0v) is 19.2. The van der Waals surface area contributed by atoms with Gasteiger partial charge in [-0.05, 0) is 57.9 Å². The fourth-order valence-electron chi connectivity index (χ4n) is 4.49. The monoisotopic (exact) mass is 461 g/mol. The molecule has 0 aliphatic carbocycles. The quantitative estimate of drug-likeness (QED) is 0.704. The van der Waals surface area contributed by atoms with E-state index >= 15 is 4.39 Å². The summed E-state index contributed by atoms with van der Waals surface area (Å²) in [5, 5.41) is -0.564. The minimum atomic E-state index is -2.83. The van der Waals surface area contributed by atoms with Crippen molar-refractivity contribution in [1.82, 2.24) is 9.97 Å². The van der Waals surface area contributed by atoms with E-state index in [2.05, 4.69) is 19.3 Å². The van der Waals surface area contributed by atoms with Crippen molar-refractivity contribution in [3.63, 3.8) is 0 Å². The lowest BCUT2D eigenvalue weighted by Gasteiger charge is -2.44. The second-order valence-corrected chi connectivity index (χ2v) is 11.9. The number of hydrogen-bond acceptors (Lipinski definition) is 7. The number of pyridine rings is 2. The zero-order valence-electron chi connectivity index (χ0n) is 18.4. The van der Waals surface area contributed by atoms with Crippen LogP contribution in [0.5, 0.6) is 0 Å². The number of ketones is 1. The first-order chi connectivity index (χ1) is 14.9.